The van der Waals surface area contributed by atoms with E-state index in [9.17, 15) is 9.90 Å². The maximum atomic E-state index is 12.6. The number of aryl methyl sites for hydroxylation is 1. The molecule has 122 valence electrons. The summed E-state index contributed by atoms with van der Waals surface area (Å²) in [5, 5.41) is 13.2. The summed E-state index contributed by atoms with van der Waals surface area (Å²) in [5.74, 6) is -0.0314. The molecule has 2 atom stereocenters. The van der Waals surface area contributed by atoms with Gasteiger partial charge in [-0.05, 0) is 13.8 Å². The van der Waals surface area contributed by atoms with Crippen molar-refractivity contribution in [3.63, 3.8) is 0 Å². The molecular formula is C17H20N2O4. The third-order valence-electron chi connectivity index (χ3n) is 4.04. The molecule has 6 heteroatoms. The van der Waals surface area contributed by atoms with E-state index in [1.54, 1.807) is 11.0 Å². The highest BCUT2D eigenvalue weighted by Crippen LogP contribution is 2.22. The first-order chi connectivity index (χ1) is 11.1. The van der Waals surface area contributed by atoms with Crippen molar-refractivity contribution in [2.75, 3.05) is 19.8 Å². The van der Waals surface area contributed by atoms with Gasteiger partial charge in [0.1, 0.15) is 5.69 Å². The van der Waals surface area contributed by atoms with Crippen LogP contribution in [0, 0.1) is 6.92 Å². The lowest BCUT2D eigenvalue weighted by Gasteiger charge is -2.36. The number of ether oxygens (including phenoxy) is 1. The van der Waals surface area contributed by atoms with Crippen molar-refractivity contribution in [1.29, 1.82) is 0 Å². The van der Waals surface area contributed by atoms with Crippen LogP contribution in [0.3, 0.4) is 0 Å². The van der Waals surface area contributed by atoms with Gasteiger partial charge in [-0.25, -0.2) is 0 Å². The Labute approximate surface area is 134 Å². The molecule has 2 heterocycles. The van der Waals surface area contributed by atoms with E-state index in [2.05, 4.69) is 5.16 Å². The summed E-state index contributed by atoms with van der Waals surface area (Å²) in [4.78, 5) is 14.3. The van der Waals surface area contributed by atoms with Crippen molar-refractivity contribution < 1.29 is 19.2 Å². The number of benzene rings is 1. The molecule has 1 aliphatic rings. The zero-order valence-electron chi connectivity index (χ0n) is 13.2. The van der Waals surface area contributed by atoms with Crippen LogP contribution >= 0.6 is 0 Å². The Morgan fingerprint density at radius 1 is 1.39 bits per heavy atom. The first kappa shape index (κ1) is 15.7. The van der Waals surface area contributed by atoms with Crippen LogP contribution in [0.2, 0.25) is 0 Å². The molecule has 2 unspecified atom stereocenters. The van der Waals surface area contributed by atoms with Gasteiger partial charge >= 0.3 is 0 Å². The van der Waals surface area contributed by atoms with Gasteiger partial charge in [-0.2, -0.15) is 0 Å². The molecule has 0 aliphatic carbocycles. The van der Waals surface area contributed by atoms with E-state index in [1.807, 2.05) is 38.1 Å². The second kappa shape index (κ2) is 6.52. The number of aliphatic hydroxyl groups excluding tert-OH is 1. The number of carbonyl (C=O) groups excluding carboxylic acids is 1. The minimum absolute atomic E-state index is 0.0711. The van der Waals surface area contributed by atoms with Crippen LogP contribution < -0.4 is 0 Å². The molecular weight excluding hydrogens is 296 g/mol. The van der Waals surface area contributed by atoms with E-state index in [0.29, 0.717) is 18.8 Å². The fourth-order valence-electron chi connectivity index (χ4n) is 2.59. The van der Waals surface area contributed by atoms with E-state index in [-0.39, 0.29) is 30.4 Å². The number of aliphatic hydroxyl groups is 1. The summed E-state index contributed by atoms with van der Waals surface area (Å²) in [6.45, 7) is 4.55. The van der Waals surface area contributed by atoms with Crippen LogP contribution in [0.1, 0.15) is 23.0 Å². The molecule has 1 saturated heterocycles. The van der Waals surface area contributed by atoms with Crippen LogP contribution in [-0.4, -0.2) is 53.0 Å². The normalized spacial score (nSPS) is 21.4. The van der Waals surface area contributed by atoms with E-state index in [0.717, 1.165) is 11.1 Å². The first-order valence-electron chi connectivity index (χ1n) is 7.65. The number of carbonyl (C=O) groups is 1. The van der Waals surface area contributed by atoms with Crippen LogP contribution in [0.5, 0.6) is 0 Å². The highest BCUT2D eigenvalue weighted by atomic mass is 16.5. The number of rotatable bonds is 3. The minimum atomic E-state index is -0.352. The Balaban J connectivity index is 1.79. The summed E-state index contributed by atoms with van der Waals surface area (Å²) in [5.41, 5.74) is 2.69. The standard InChI is InChI=1S/C17H20N2O4/c1-11-3-5-13(6-4-11)15-7-16(23-18-15)17(21)19-8-14(9-20)22-10-12(19)2/h3-7,12,14,20H,8-10H2,1-2H3. The molecule has 0 bridgehead atoms. The Hall–Kier alpha value is -2.18. The van der Waals surface area contributed by atoms with Gasteiger partial charge in [-0.1, -0.05) is 35.0 Å². The van der Waals surface area contributed by atoms with Crippen LogP contribution in [0.15, 0.2) is 34.9 Å². The van der Waals surface area contributed by atoms with Gasteiger partial charge in [0, 0.05) is 18.2 Å². The Bertz CT molecular complexity index is 680. The molecule has 1 aliphatic heterocycles. The van der Waals surface area contributed by atoms with E-state index in [1.165, 1.54) is 0 Å². The second-order valence-electron chi connectivity index (χ2n) is 5.89. The molecule has 0 spiro atoms. The second-order valence-corrected chi connectivity index (χ2v) is 5.89. The van der Waals surface area contributed by atoms with Crippen LogP contribution in [-0.2, 0) is 4.74 Å². The van der Waals surface area contributed by atoms with Gasteiger partial charge in [0.05, 0.1) is 25.4 Å². The number of amides is 1. The predicted molar refractivity (Wildman–Crippen MR) is 84.0 cm³/mol. The van der Waals surface area contributed by atoms with Gasteiger partial charge < -0.3 is 19.3 Å². The lowest BCUT2D eigenvalue weighted by Crippen LogP contribution is -2.51. The van der Waals surface area contributed by atoms with Gasteiger partial charge in [-0.3, -0.25) is 4.79 Å². The van der Waals surface area contributed by atoms with E-state index < -0.39 is 0 Å². The molecule has 1 N–H and O–H groups in total. The van der Waals surface area contributed by atoms with E-state index >= 15 is 0 Å². The van der Waals surface area contributed by atoms with Gasteiger partial charge in [0.15, 0.2) is 0 Å². The van der Waals surface area contributed by atoms with Crippen molar-refractivity contribution in [3.8, 4) is 11.3 Å². The lowest BCUT2D eigenvalue weighted by molar-refractivity contribution is -0.0675. The van der Waals surface area contributed by atoms with Crippen molar-refractivity contribution >= 4 is 5.91 Å². The summed E-state index contributed by atoms with van der Waals surface area (Å²) < 4.78 is 10.7. The fraction of sp³-hybridized carbons (Fsp3) is 0.412. The Morgan fingerprint density at radius 3 is 2.83 bits per heavy atom. The van der Waals surface area contributed by atoms with Crippen LogP contribution in [0.25, 0.3) is 11.3 Å². The van der Waals surface area contributed by atoms with Gasteiger partial charge in [-0.15, -0.1) is 0 Å². The summed E-state index contributed by atoms with van der Waals surface area (Å²) in [7, 11) is 0. The molecule has 1 fully saturated rings. The zero-order valence-corrected chi connectivity index (χ0v) is 13.2. The number of morpholine rings is 1. The maximum absolute atomic E-state index is 12.6. The topological polar surface area (TPSA) is 75.8 Å². The van der Waals surface area contributed by atoms with Crippen LogP contribution in [0.4, 0.5) is 0 Å². The van der Waals surface area contributed by atoms with E-state index in [4.69, 9.17) is 9.26 Å². The third kappa shape index (κ3) is 3.28. The number of hydrogen-bond donors (Lipinski definition) is 1. The largest absolute Gasteiger partial charge is 0.394 e. The highest BCUT2D eigenvalue weighted by Gasteiger charge is 2.31. The predicted octanol–water partition coefficient (Wildman–Crippen LogP) is 1.87. The van der Waals surface area contributed by atoms with Crippen molar-refractivity contribution in [1.82, 2.24) is 10.1 Å². The Kier molecular flexibility index (Phi) is 4.45. The fourth-order valence-corrected chi connectivity index (χ4v) is 2.59. The Morgan fingerprint density at radius 2 is 2.13 bits per heavy atom. The lowest BCUT2D eigenvalue weighted by atomic mass is 10.1. The highest BCUT2D eigenvalue weighted by molar-refractivity contribution is 5.92. The van der Waals surface area contributed by atoms with Gasteiger partial charge in [0.2, 0.25) is 5.76 Å². The molecule has 1 amide bonds. The number of hydrogen-bond acceptors (Lipinski definition) is 5. The molecule has 2 aromatic rings. The molecule has 23 heavy (non-hydrogen) atoms. The quantitative estimate of drug-likeness (QED) is 0.935. The summed E-state index contributed by atoms with van der Waals surface area (Å²) >= 11 is 0. The average Bonchev–Trinajstić information content (AvgIpc) is 3.05. The minimum Gasteiger partial charge on any atom is -0.394 e. The molecule has 0 saturated carbocycles. The SMILES string of the molecule is Cc1ccc(-c2cc(C(=O)N3CC(CO)OCC3C)on2)cc1. The maximum Gasteiger partial charge on any atom is 0.292 e. The van der Waals surface area contributed by atoms with Crippen molar-refractivity contribution in [2.24, 2.45) is 0 Å². The summed E-state index contributed by atoms with van der Waals surface area (Å²) in [6, 6.07) is 9.45. The number of aromatic nitrogens is 1. The molecule has 3 rings (SSSR count). The average molecular weight is 316 g/mol. The van der Waals surface area contributed by atoms with Crippen molar-refractivity contribution in [3.05, 3.63) is 41.7 Å². The molecule has 1 aromatic heterocycles. The zero-order chi connectivity index (χ0) is 16.4. The van der Waals surface area contributed by atoms with Gasteiger partial charge in [0.25, 0.3) is 5.91 Å². The third-order valence-corrected chi connectivity index (χ3v) is 4.04. The smallest absolute Gasteiger partial charge is 0.292 e. The molecule has 0 radical (unpaired) electrons. The first-order valence-corrected chi connectivity index (χ1v) is 7.65. The summed E-state index contributed by atoms with van der Waals surface area (Å²) in [6.07, 6.45) is -0.352. The molecule has 6 nitrogen and oxygen atoms in total. The monoisotopic (exact) mass is 316 g/mol. The molecule has 1 aromatic carbocycles. The van der Waals surface area contributed by atoms with Crippen molar-refractivity contribution in [2.45, 2.75) is 26.0 Å². The number of nitrogens with zero attached hydrogens (tertiary/aromatic N) is 2.